The van der Waals surface area contributed by atoms with Crippen LogP contribution < -0.4 is 10.9 Å². The fourth-order valence-corrected chi connectivity index (χ4v) is 3.80. The average molecular weight is 420 g/mol. The number of benzene rings is 2. The van der Waals surface area contributed by atoms with Crippen LogP contribution in [0.2, 0.25) is 0 Å². The van der Waals surface area contributed by atoms with Crippen molar-refractivity contribution in [3.63, 3.8) is 0 Å². The van der Waals surface area contributed by atoms with E-state index < -0.39 is 0 Å². The number of nitrogens with one attached hydrogen (secondary N) is 1. The first kappa shape index (κ1) is 19.7. The van der Waals surface area contributed by atoms with Gasteiger partial charge in [0.05, 0.1) is 17.7 Å². The number of carbonyl (C=O) groups excluding carboxylic acids is 1. The molecule has 0 aliphatic carbocycles. The molecule has 0 spiro atoms. The first-order valence-electron chi connectivity index (χ1n) is 9.14. The second-order valence-corrected chi connectivity index (χ2v) is 7.47. The smallest absolute Gasteiger partial charge is 0.253 e. The number of rotatable bonds is 5. The molecular formula is C22H17FN4O2S. The zero-order valence-corrected chi connectivity index (χ0v) is 16.8. The second-order valence-electron chi connectivity index (χ2n) is 6.61. The molecule has 0 bridgehead atoms. The molecule has 0 unspecified atom stereocenters. The molecule has 0 radical (unpaired) electrons. The summed E-state index contributed by atoms with van der Waals surface area (Å²) < 4.78 is 15.3. The summed E-state index contributed by atoms with van der Waals surface area (Å²) in [6.07, 6.45) is 1.35. The third kappa shape index (κ3) is 4.18. The first-order valence-corrected chi connectivity index (χ1v) is 10.0. The molecule has 30 heavy (non-hydrogen) atoms. The number of nitrogens with zero attached hydrogens (tertiary/aromatic N) is 3. The van der Waals surface area contributed by atoms with Crippen LogP contribution in [0.4, 0.5) is 10.1 Å². The van der Waals surface area contributed by atoms with Crippen molar-refractivity contribution in [2.24, 2.45) is 0 Å². The number of carbonyl (C=O) groups is 1. The van der Waals surface area contributed by atoms with Gasteiger partial charge in [-0.2, -0.15) is 0 Å². The standard InChI is InChI=1S/C22H17FN4O2S/c1-14-10-21(29)27(13-24-14)11-20(28)25-18-9-5-3-7-16(18)19-12-30-22(26-19)15-6-2-4-8-17(15)23/h2-10,12-13H,11H2,1H3,(H,25,28). The molecule has 150 valence electrons. The Morgan fingerprint density at radius 2 is 1.87 bits per heavy atom. The van der Waals surface area contributed by atoms with Crippen LogP contribution in [-0.4, -0.2) is 20.4 Å². The molecule has 0 saturated carbocycles. The van der Waals surface area contributed by atoms with Gasteiger partial charge in [0.2, 0.25) is 5.91 Å². The van der Waals surface area contributed by atoms with Gasteiger partial charge in [-0.1, -0.05) is 30.3 Å². The Bertz CT molecular complexity index is 1280. The van der Waals surface area contributed by atoms with Crippen molar-refractivity contribution in [3.8, 4) is 21.8 Å². The molecule has 4 aromatic rings. The van der Waals surface area contributed by atoms with Crippen LogP contribution in [-0.2, 0) is 11.3 Å². The zero-order valence-electron chi connectivity index (χ0n) is 16.0. The van der Waals surface area contributed by atoms with Crippen LogP contribution in [0.5, 0.6) is 0 Å². The SMILES string of the molecule is Cc1cc(=O)n(CC(=O)Nc2ccccc2-c2csc(-c3ccccc3F)n2)cn1. The summed E-state index contributed by atoms with van der Waals surface area (Å²) >= 11 is 1.33. The minimum absolute atomic E-state index is 0.155. The molecule has 2 heterocycles. The number of hydrogen-bond acceptors (Lipinski definition) is 5. The van der Waals surface area contributed by atoms with Crippen LogP contribution in [0.1, 0.15) is 5.69 Å². The summed E-state index contributed by atoms with van der Waals surface area (Å²) in [7, 11) is 0. The van der Waals surface area contributed by atoms with Gasteiger partial charge >= 0.3 is 0 Å². The van der Waals surface area contributed by atoms with Gasteiger partial charge in [0.15, 0.2) is 0 Å². The summed E-state index contributed by atoms with van der Waals surface area (Å²) in [5, 5.41) is 5.20. The molecule has 0 fully saturated rings. The molecule has 0 aliphatic heterocycles. The van der Waals surface area contributed by atoms with E-state index in [1.54, 1.807) is 37.3 Å². The number of amides is 1. The number of aromatic nitrogens is 3. The van der Waals surface area contributed by atoms with Crippen LogP contribution in [0.25, 0.3) is 21.8 Å². The molecule has 1 amide bonds. The fraction of sp³-hybridized carbons (Fsp3) is 0.0909. The van der Waals surface area contributed by atoms with E-state index in [0.717, 1.165) is 0 Å². The molecule has 4 rings (SSSR count). The van der Waals surface area contributed by atoms with Gasteiger partial charge in [0, 0.05) is 28.3 Å². The summed E-state index contributed by atoms with van der Waals surface area (Å²) in [6, 6.07) is 15.1. The Morgan fingerprint density at radius 3 is 2.63 bits per heavy atom. The highest BCUT2D eigenvalue weighted by Gasteiger charge is 2.14. The highest BCUT2D eigenvalue weighted by molar-refractivity contribution is 7.13. The third-order valence-electron chi connectivity index (χ3n) is 4.42. The van der Waals surface area contributed by atoms with E-state index in [2.05, 4.69) is 15.3 Å². The maximum atomic E-state index is 14.1. The molecule has 0 saturated heterocycles. The maximum absolute atomic E-state index is 14.1. The summed E-state index contributed by atoms with van der Waals surface area (Å²) in [5.74, 6) is -0.697. The molecule has 2 aromatic heterocycles. The third-order valence-corrected chi connectivity index (χ3v) is 5.29. The van der Waals surface area contributed by atoms with Crippen LogP contribution >= 0.6 is 11.3 Å². The highest BCUT2D eigenvalue weighted by Crippen LogP contribution is 2.33. The van der Waals surface area contributed by atoms with Gasteiger partial charge in [-0.3, -0.25) is 14.2 Å². The van der Waals surface area contributed by atoms with Gasteiger partial charge in [-0.05, 0) is 25.1 Å². The number of anilines is 1. The molecule has 8 heteroatoms. The largest absolute Gasteiger partial charge is 0.324 e. The van der Waals surface area contributed by atoms with Crippen molar-refractivity contribution in [3.05, 3.63) is 88.2 Å². The molecule has 0 atom stereocenters. The topological polar surface area (TPSA) is 76.9 Å². The van der Waals surface area contributed by atoms with Gasteiger partial charge in [-0.25, -0.2) is 14.4 Å². The average Bonchev–Trinajstić information content (AvgIpc) is 3.20. The van der Waals surface area contributed by atoms with Gasteiger partial charge in [0.1, 0.15) is 17.4 Å². The number of thiazole rings is 1. The van der Waals surface area contributed by atoms with Crippen molar-refractivity contribution in [2.45, 2.75) is 13.5 Å². The first-order chi connectivity index (χ1) is 14.5. The maximum Gasteiger partial charge on any atom is 0.253 e. The second kappa shape index (κ2) is 8.38. The predicted molar refractivity (Wildman–Crippen MR) is 115 cm³/mol. The Morgan fingerprint density at radius 1 is 1.13 bits per heavy atom. The number of aryl methyl sites for hydroxylation is 1. The van der Waals surface area contributed by atoms with Crippen molar-refractivity contribution in [1.29, 1.82) is 0 Å². The van der Waals surface area contributed by atoms with E-state index in [0.29, 0.717) is 33.2 Å². The Kier molecular flexibility index (Phi) is 5.49. The quantitative estimate of drug-likeness (QED) is 0.527. The summed E-state index contributed by atoms with van der Waals surface area (Å²) in [4.78, 5) is 33.1. The lowest BCUT2D eigenvalue weighted by Gasteiger charge is -2.10. The van der Waals surface area contributed by atoms with E-state index in [-0.39, 0.29) is 23.8 Å². The summed E-state index contributed by atoms with van der Waals surface area (Å²) in [5.41, 5.74) is 2.63. The van der Waals surface area contributed by atoms with Crippen LogP contribution in [0, 0.1) is 12.7 Å². The van der Waals surface area contributed by atoms with E-state index in [9.17, 15) is 14.0 Å². The lowest BCUT2D eigenvalue weighted by molar-refractivity contribution is -0.116. The Balaban J connectivity index is 1.58. The molecule has 0 aliphatic rings. The molecule has 6 nitrogen and oxygen atoms in total. The van der Waals surface area contributed by atoms with Gasteiger partial charge < -0.3 is 5.32 Å². The Labute approximate surface area is 175 Å². The number of para-hydroxylation sites is 1. The lowest BCUT2D eigenvalue weighted by atomic mass is 10.1. The molecular weight excluding hydrogens is 403 g/mol. The monoisotopic (exact) mass is 420 g/mol. The minimum Gasteiger partial charge on any atom is -0.324 e. The van der Waals surface area contributed by atoms with Crippen molar-refractivity contribution in [2.75, 3.05) is 5.32 Å². The van der Waals surface area contributed by atoms with Crippen LogP contribution in [0.15, 0.2) is 71.1 Å². The zero-order chi connectivity index (χ0) is 21.1. The van der Waals surface area contributed by atoms with Gasteiger partial charge in [-0.15, -0.1) is 11.3 Å². The highest BCUT2D eigenvalue weighted by atomic mass is 32.1. The summed E-state index contributed by atoms with van der Waals surface area (Å²) in [6.45, 7) is 1.56. The number of hydrogen-bond donors (Lipinski definition) is 1. The van der Waals surface area contributed by atoms with Crippen molar-refractivity contribution in [1.82, 2.24) is 14.5 Å². The molecule has 1 N–H and O–H groups in total. The van der Waals surface area contributed by atoms with E-state index >= 15 is 0 Å². The fourth-order valence-electron chi connectivity index (χ4n) is 2.95. The molecule has 2 aromatic carbocycles. The predicted octanol–water partition coefficient (Wildman–Crippen LogP) is 4.12. The minimum atomic E-state index is -0.361. The lowest BCUT2D eigenvalue weighted by Crippen LogP contribution is -2.27. The van der Waals surface area contributed by atoms with Crippen molar-refractivity contribution >= 4 is 22.9 Å². The van der Waals surface area contributed by atoms with Crippen LogP contribution in [0.3, 0.4) is 0 Å². The van der Waals surface area contributed by atoms with E-state index in [4.69, 9.17) is 0 Å². The van der Waals surface area contributed by atoms with E-state index in [1.807, 2.05) is 17.5 Å². The van der Waals surface area contributed by atoms with E-state index in [1.165, 1.54) is 34.4 Å². The normalized spacial score (nSPS) is 10.7. The number of halogens is 1. The van der Waals surface area contributed by atoms with Crippen molar-refractivity contribution < 1.29 is 9.18 Å². The van der Waals surface area contributed by atoms with Gasteiger partial charge in [0.25, 0.3) is 5.56 Å². The Hall–Kier alpha value is -3.65.